The van der Waals surface area contributed by atoms with Gasteiger partial charge < -0.3 is 11.1 Å². The van der Waals surface area contributed by atoms with Gasteiger partial charge in [0.15, 0.2) is 0 Å². The molecular formula is C19H24Cl2N4O. The minimum Gasteiger partial charge on any atom is -0.399 e. The fourth-order valence-electron chi connectivity index (χ4n) is 3.01. The summed E-state index contributed by atoms with van der Waals surface area (Å²) in [6.07, 6.45) is 0. The Morgan fingerprint density at radius 2 is 1.73 bits per heavy atom. The number of para-hydroxylation sites is 1. The molecule has 3 rings (SSSR count). The van der Waals surface area contributed by atoms with Crippen molar-refractivity contribution >= 4 is 41.3 Å². The van der Waals surface area contributed by atoms with E-state index < -0.39 is 0 Å². The molecule has 0 bridgehead atoms. The number of nitrogens with zero attached hydrogens (tertiary/aromatic N) is 2. The number of nitrogens with one attached hydrogen (secondary N) is 1. The van der Waals surface area contributed by atoms with Crippen molar-refractivity contribution in [2.24, 2.45) is 0 Å². The van der Waals surface area contributed by atoms with Crippen molar-refractivity contribution < 1.29 is 4.79 Å². The molecule has 0 spiro atoms. The molecule has 5 nitrogen and oxygen atoms in total. The number of nitrogen functional groups attached to an aromatic ring is 1. The van der Waals surface area contributed by atoms with E-state index in [0.717, 1.165) is 38.4 Å². The highest BCUT2D eigenvalue weighted by molar-refractivity contribution is 6.33. The zero-order valence-electron chi connectivity index (χ0n) is 14.5. The van der Waals surface area contributed by atoms with Gasteiger partial charge in [-0.25, -0.2) is 0 Å². The zero-order valence-corrected chi connectivity index (χ0v) is 16.1. The van der Waals surface area contributed by atoms with Gasteiger partial charge in [-0.1, -0.05) is 35.9 Å². The second kappa shape index (κ2) is 9.78. The number of halogens is 2. The number of hydrogen-bond acceptors (Lipinski definition) is 4. The van der Waals surface area contributed by atoms with E-state index in [4.69, 9.17) is 17.3 Å². The molecule has 7 heteroatoms. The van der Waals surface area contributed by atoms with E-state index >= 15 is 0 Å². The molecule has 26 heavy (non-hydrogen) atoms. The van der Waals surface area contributed by atoms with Gasteiger partial charge in [-0.3, -0.25) is 14.6 Å². The van der Waals surface area contributed by atoms with Gasteiger partial charge in [-0.05, 0) is 29.8 Å². The Bertz CT molecular complexity index is 733. The topological polar surface area (TPSA) is 61.6 Å². The van der Waals surface area contributed by atoms with Crippen LogP contribution in [0, 0.1) is 0 Å². The van der Waals surface area contributed by atoms with E-state index in [9.17, 15) is 4.79 Å². The Morgan fingerprint density at radius 1 is 1.04 bits per heavy atom. The Kier molecular flexibility index (Phi) is 7.72. The molecular weight excluding hydrogens is 371 g/mol. The zero-order chi connectivity index (χ0) is 17.6. The normalized spacial score (nSPS) is 15.3. The number of nitrogens with two attached hydrogens (primary N) is 1. The van der Waals surface area contributed by atoms with Gasteiger partial charge in [0, 0.05) is 38.4 Å². The Labute approximate surface area is 165 Å². The van der Waals surface area contributed by atoms with Gasteiger partial charge in [0.05, 0.1) is 17.3 Å². The molecule has 0 atom stereocenters. The van der Waals surface area contributed by atoms with E-state index in [1.54, 1.807) is 6.07 Å². The summed E-state index contributed by atoms with van der Waals surface area (Å²) >= 11 is 6.07. The summed E-state index contributed by atoms with van der Waals surface area (Å²) in [5, 5.41) is 3.43. The number of carbonyl (C=O) groups is 1. The lowest BCUT2D eigenvalue weighted by molar-refractivity contribution is -0.117. The molecule has 1 aliphatic rings. The van der Waals surface area contributed by atoms with Gasteiger partial charge in [-0.2, -0.15) is 0 Å². The van der Waals surface area contributed by atoms with Gasteiger partial charge >= 0.3 is 0 Å². The first kappa shape index (κ1) is 20.5. The minimum atomic E-state index is -0.0302. The molecule has 0 radical (unpaired) electrons. The van der Waals surface area contributed by atoms with Crippen molar-refractivity contribution in [1.82, 2.24) is 9.80 Å². The number of benzene rings is 2. The van der Waals surface area contributed by atoms with Crippen molar-refractivity contribution in [1.29, 1.82) is 0 Å². The summed E-state index contributed by atoms with van der Waals surface area (Å²) in [4.78, 5) is 16.8. The van der Waals surface area contributed by atoms with Crippen molar-refractivity contribution in [3.63, 3.8) is 0 Å². The molecule has 2 aromatic rings. The first-order chi connectivity index (χ1) is 12.1. The van der Waals surface area contributed by atoms with Crippen LogP contribution in [0.5, 0.6) is 0 Å². The Morgan fingerprint density at radius 3 is 2.42 bits per heavy atom. The van der Waals surface area contributed by atoms with E-state index in [1.807, 2.05) is 36.4 Å². The molecule has 0 aliphatic carbocycles. The summed E-state index contributed by atoms with van der Waals surface area (Å²) in [6.45, 7) is 4.90. The summed E-state index contributed by atoms with van der Waals surface area (Å²) in [6, 6.07) is 15.3. The number of hydrogen-bond donors (Lipinski definition) is 2. The lowest BCUT2D eigenvalue weighted by Crippen LogP contribution is -2.48. The van der Waals surface area contributed by atoms with Crippen LogP contribution in [-0.4, -0.2) is 48.4 Å². The summed E-state index contributed by atoms with van der Waals surface area (Å²) in [5.74, 6) is -0.0302. The minimum absolute atomic E-state index is 0. The van der Waals surface area contributed by atoms with Crippen LogP contribution in [0.15, 0.2) is 48.5 Å². The maximum atomic E-state index is 12.2. The smallest absolute Gasteiger partial charge is 0.238 e. The summed E-state index contributed by atoms with van der Waals surface area (Å²) in [7, 11) is 0. The third kappa shape index (κ3) is 5.88. The molecule has 3 N–H and O–H groups in total. The molecule has 1 saturated heterocycles. The molecule has 140 valence electrons. The van der Waals surface area contributed by atoms with Gasteiger partial charge in [-0.15, -0.1) is 12.4 Å². The number of carbonyl (C=O) groups excluding carboxylic acids is 1. The van der Waals surface area contributed by atoms with Crippen LogP contribution in [0.4, 0.5) is 11.4 Å². The van der Waals surface area contributed by atoms with Gasteiger partial charge in [0.1, 0.15) is 0 Å². The van der Waals surface area contributed by atoms with Crippen molar-refractivity contribution in [3.05, 3.63) is 59.1 Å². The second-order valence-corrected chi connectivity index (χ2v) is 6.73. The van der Waals surface area contributed by atoms with E-state index in [-0.39, 0.29) is 18.3 Å². The van der Waals surface area contributed by atoms with E-state index in [2.05, 4.69) is 21.2 Å². The fraction of sp³-hybridized carbons (Fsp3) is 0.316. The first-order valence-electron chi connectivity index (χ1n) is 8.43. The quantitative estimate of drug-likeness (QED) is 0.764. The predicted molar refractivity (Wildman–Crippen MR) is 110 cm³/mol. The van der Waals surface area contributed by atoms with Crippen LogP contribution < -0.4 is 11.1 Å². The number of amides is 1. The molecule has 0 saturated carbocycles. The molecule has 1 amide bonds. The molecule has 1 aliphatic heterocycles. The molecule has 2 aromatic carbocycles. The highest BCUT2D eigenvalue weighted by Crippen LogP contribution is 2.20. The van der Waals surface area contributed by atoms with E-state index in [0.29, 0.717) is 17.3 Å². The Hall–Kier alpha value is -1.79. The molecule has 1 fully saturated rings. The van der Waals surface area contributed by atoms with Crippen molar-refractivity contribution in [3.8, 4) is 0 Å². The third-order valence-corrected chi connectivity index (χ3v) is 4.67. The highest BCUT2D eigenvalue weighted by atomic mass is 35.5. The monoisotopic (exact) mass is 394 g/mol. The van der Waals surface area contributed by atoms with Crippen LogP contribution in [0.25, 0.3) is 0 Å². The van der Waals surface area contributed by atoms with Gasteiger partial charge in [0.2, 0.25) is 5.91 Å². The lowest BCUT2D eigenvalue weighted by atomic mass is 10.2. The average molecular weight is 395 g/mol. The maximum absolute atomic E-state index is 12.2. The molecule has 0 unspecified atom stereocenters. The van der Waals surface area contributed by atoms with E-state index in [1.165, 1.54) is 5.56 Å². The SMILES string of the molecule is Cl.Nc1cccc(CN2CCN(CC(=O)Nc3ccccc3Cl)CC2)c1. The fourth-order valence-corrected chi connectivity index (χ4v) is 3.19. The molecule has 0 aromatic heterocycles. The third-order valence-electron chi connectivity index (χ3n) is 4.34. The molecule has 1 heterocycles. The standard InChI is InChI=1S/C19H23ClN4O.ClH/c20-17-6-1-2-7-18(17)22-19(25)14-24-10-8-23(9-11-24)13-15-4-3-5-16(21)12-15;/h1-7,12H,8-11,13-14,21H2,(H,22,25);1H. The predicted octanol–water partition coefficient (Wildman–Crippen LogP) is 3.10. The van der Waals surface area contributed by atoms with Crippen molar-refractivity contribution in [2.45, 2.75) is 6.54 Å². The Balaban J connectivity index is 0.00000243. The average Bonchev–Trinajstić information content (AvgIpc) is 2.59. The number of anilines is 2. The van der Waals surface area contributed by atoms with Crippen LogP contribution in [-0.2, 0) is 11.3 Å². The first-order valence-corrected chi connectivity index (χ1v) is 8.81. The van der Waals surface area contributed by atoms with Crippen LogP contribution >= 0.6 is 24.0 Å². The van der Waals surface area contributed by atoms with Crippen LogP contribution in [0.1, 0.15) is 5.56 Å². The summed E-state index contributed by atoms with van der Waals surface area (Å²) < 4.78 is 0. The highest BCUT2D eigenvalue weighted by Gasteiger charge is 2.19. The largest absolute Gasteiger partial charge is 0.399 e. The number of piperazine rings is 1. The maximum Gasteiger partial charge on any atom is 0.238 e. The van der Waals surface area contributed by atoms with Gasteiger partial charge in [0.25, 0.3) is 0 Å². The summed E-state index contributed by atoms with van der Waals surface area (Å²) in [5.41, 5.74) is 8.52. The van der Waals surface area contributed by atoms with Crippen molar-refractivity contribution in [2.75, 3.05) is 43.8 Å². The second-order valence-electron chi connectivity index (χ2n) is 6.33. The number of rotatable bonds is 5. The lowest BCUT2D eigenvalue weighted by Gasteiger charge is -2.34. The van der Waals surface area contributed by atoms with Crippen LogP contribution in [0.3, 0.4) is 0 Å². The van der Waals surface area contributed by atoms with Crippen LogP contribution in [0.2, 0.25) is 5.02 Å².